The van der Waals surface area contributed by atoms with Gasteiger partial charge in [-0.1, -0.05) is 20.8 Å². The Balaban J connectivity index is 3.28. The molecule has 0 atom stereocenters. The molecule has 55 valence electrons. The number of alkyl halides is 2. The van der Waals surface area contributed by atoms with Crippen molar-refractivity contribution in [1.29, 1.82) is 0 Å². The van der Waals surface area contributed by atoms with E-state index in [2.05, 4.69) is 0 Å². The maximum Gasteiger partial charge on any atom is 0.238 e. The van der Waals surface area contributed by atoms with E-state index in [1.54, 1.807) is 6.42 Å². The molecule has 0 heterocycles. The van der Waals surface area contributed by atoms with Crippen LogP contribution in [0.1, 0.15) is 27.2 Å². The second-order valence-corrected chi connectivity index (χ2v) is 3.20. The first-order valence-corrected chi connectivity index (χ1v) is 3.04. The monoisotopic (exact) mass is 135 g/mol. The Labute approximate surface area is 55.3 Å². The van der Waals surface area contributed by atoms with Crippen LogP contribution in [-0.4, -0.2) is 6.43 Å². The predicted octanol–water partition coefficient (Wildman–Crippen LogP) is 2.89. The Bertz CT molecular complexity index is 71.5. The molecule has 0 nitrogen and oxygen atoms in total. The van der Waals surface area contributed by atoms with Gasteiger partial charge in [-0.25, -0.2) is 8.78 Å². The Morgan fingerprint density at radius 2 is 1.78 bits per heavy atom. The first-order valence-electron chi connectivity index (χ1n) is 3.04. The summed E-state index contributed by atoms with van der Waals surface area (Å²) in [5.74, 6) is 0. The van der Waals surface area contributed by atoms with Crippen LogP contribution in [0.2, 0.25) is 0 Å². The molecule has 0 saturated heterocycles. The molecule has 0 aromatic heterocycles. The summed E-state index contributed by atoms with van der Waals surface area (Å²) in [6, 6.07) is 0. The summed E-state index contributed by atoms with van der Waals surface area (Å²) in [5.41, 5.74) is -0.0730. The third kappa shape index (κ3) is 7.86. The van der Waals surface area contributed by atoms with Crippen molar-refractivity contribution in [3.8, 4) is 0 Å². The van der Waals surface area contributed by atoms with Crippen molar-refractivity contribution in [2.45, 2.75) is 33.6 Å². The summed E-state index contributed by atoms with van der Waals surface area (Å²) in [6.07, 6.45) is -0.648. The highest BCUT2D eigenvalue weighted by Gasteiger charge is 2.13. The Morgan fingerprint density at radius 3 is 1.89 bits per heavy atom. The molecule has 0 saturated carbocycles. The van der Waals surface area contributed by atoms with E-state index in [9.17, 15) is 8.78 Å². The molecule has 0 aromatic rings. The normalized spacial score (nSPS) is 12.7. The lowest BCUT2D eigenvalue weighted by Crippen LogP contribution is -2.07. The molecule has 0 fully saturated rings. The van der Waals surface area contributed by atoms with Gasteiger partial charge in [0.2, 0.25) is 6.43 Å². The van der Waals surface area contributed by atoms with Gasteiger partial charge in [-0.15, -0.1) is 0 Å². The van der Waals surface area contributed by atoms with Crippen molar-refractivity contribution in [2.24, 2.45) is 5.41 Å². The highest BCUT2D eigenvalue weighted by atomic mass is 19.3. The number of hydrogen-bond acceptors (Lipinski definition) is 0. The first kappa shape index (κ1) is 8.86. The molecular weight excluding hydrogens is 122 g/mol. The molecule has 0 rings (SSSR count). The van der Waals surface area contributed by atoms with E-state index in [1.807, 2.05) is 20.8 Å². The van der Waals surface area contributed by atoms with Crippen LogP contribution in [0.15, 0.2) is 0 Å². The third-order valence-corrected chi connectivity index (χ3v) is 0.908. The molecule has 0 unspecified atom stereocenters. The van der Waals surface area contributed by atoms with E-state index in [1.165, 1.54) is 0 Å². The second kappa shape index (κ2) is 3.14. The van der Waals surface area contributed by atoms with Gasteiger partial charge in [-0.05, 0) is 11.8 Å². The Kier molecular flexibility index (Phi) is 3.09. The minimum atomic E-state index is -2.19. The van der Waals surface area contributed by atoms with Gasteiger partial charge in [-0.2, -0.15) is 0 Å². The van der Waals surface area contributed by atoms with Crippen molar-refractivity contribution in [2.75, 3.05) is 0 Å². The van der Waals surface area contributed by atoms with Crippen LogP contribution < -0.4 is 0 Å². The van der Waals surface area contributed by atoms with Crippen molar-refractivity contribution in [1.82, 2.24) is 0 Å². The minimum Gasteiger partial charge on any atom is -0.211 e. The van der Waals surface area contributed by atoms with Gasteiger partial charge in [0.25, 0.3) is 0 Å². The summed E-state index contributed by atoms with van der Waals surface area (Å²) < 4.78 is 23.1. The fourth-order valence-corrected chi connectivity index (χ4v) is 0.443. The van der Waals surface area contributed by atoms with Crippen molar-refractivity contribution in [3.63, 3.8) is 0 Å². The lowest BCUT2D eigenvalue weighted by molar-refractivity contribution is 0.140. The van der Waals surface area contributed by atoms with Crippen LogP contribution in [0.3, 0.4) is 0 Å². The Morgan fingerprint density at radius 1 is 1.33 bits per heavy atom. The van der Waals surface area contributed by atoms with Gasteiger partial charge < -0.3 is 0 Å². The van der Waals surface area contributed by atoms with E-state index in [0.717, 1.165) is 0 Å². The first-order chi connectivity index (χ1) is 3.92. The van der Waals surface area contributed by atoms with E-state index in [-0.39, 0.29) is 11.8 Å². The fourth-order valence-electron chi connectivity index (χ4n) is 0.443. The summed E-state index contributed by atoms with van der Waals surface area (Å²) in [7, 11) is 0. The average molecular weight is 135 g/mol. The molecule has 0 aliphatic rings. The number of halogens is 2. The molecule has 9 heavy (non-hydrogen) atoms. The quantitative estimate of drug-likeness (QED) is 0.546. The van der Waals surface area contributed by atoms with Crippen molar-refractivity contribution >= 4 is 0 Å². The lowest BCUT2D eigenvalue weighted by atomic mass is 9.91. The van der Waals surface area contributed by atoms with Gasteiger partial charge in [0, 0.05) is 6.42 Å². The number of hydrogen-bond donors (Lipinski definition) is 0. The second-order valence-electron chi connectivity index (χ2n) is 3.20. The molecule has 1 radical (unpaired) electrons. The summed E-state index contributed by atoms with van der Waals surface area (Å²) in [6.45, 7) is 5.74. The van der Waals surface area contributed by atoms with E-state index in [0.29, 0.717) is 0 Å². The fraction of sp³-hybridized carbons (Fsp3) is 0.857. The standard InChI is InChI=1S/C7H13F2/c1-7(2,3)5-4-6(8)9/h5-6H,4H2,1-3H3. The smallest absolute Gasteiger partial charge is 0.211 e. The van der Waals surface area contributed by atoms with E-state index >= 15 is 0 Å². The summed E-state index contributed by atoms with van der Waals surface area (Å²) in [5, 5.41) is 0. The maximum atomic E-state index is 11.5. The molecular formula is C7H13F2. The van der Waals surface area contributed by atoms with E-state index in [4.69, 9.17) is 0 Å². The van der Waals surface area contributed by atoms with Gasteiger partial charge in [0.15, 0.2) is 0 Å². The van der Waals surface area contributed by atoms with Gasteiger partial charge in [-0.3, -0.25) is 0 Å². The SMILES string of the molecule is CC(C)(C)[CH]CC(F)F. The van der Waals surface area contributed by atoms with Gasteiger partial charge >= 0.3 is 0 Å². The summed E-state index contributed by atoms with van der Waals surface area (Å²) >= 11 is 0. The number of rotatable bonds is 2. The van der Waals surface area contributed by atoms with Crippen LogP contribution in [0.4, 0.5) is 8.78 Å². The van der Waals surface area contributed by atoms with Crippen LogP contribution in [0.5, 0.6) is 0 Å². The zero-order valence-corrected chi connectivity index (χ0v) is 6.12. The Hall–Kier alpha value is -0.140. The van der Waals surface area contributed by atoms with Crippen LogP contribution in [0.25, 0.3) is 0 Å². The molecule has 2 heteroatoms. The third-order valence-electron chi connectivity index (χ3n) is 0.908. The lowest BCUT2D eigenvalue weighted by Gasteiger charge is -2.16. The minimum absolute atomic E-state index is 0.0730. The molecule has 0 amide bonds. The molecule has 0 aromatic carbocycles. The van der Waals surface area contributed by atoms with Crippen LogP contribution in [0, 0.1) is 11.8 Å². The summed E-state index contributed by atoms with van der Waals surface area (Å²) in [4.78, 5) is 0. The van der Waals surface area contributed by atoms with Crippen molar-refractivity contribution in [3.05, 3.63) is 6.42 Å². The maximum absolute atomic E-state index is 11.5. The van der Waals surface area contributed by atoms with Crippen molar-refractivity contribution < 1.29 is 8.78 Å². The predicted molar refractivity (Wildman–Crippen MR) is 34.4 cm³/mol. The molecule has 0 bridgehead atoms. The average Bonchev–Trinajstić information content (AvgIpc) is 1.59. The molecule has 0 aliphatic carbocycles. The highest BCUT2D eigenvalue weighted by molar-refractivity contribution is 4.80. The van der Waals surface area contributed by atoms with Gasteiger partial charge in [0.1, 0.15) is 0 Å². The molecule has 0 aliphatic heterocycles. The zero-order valence-electron chi connectivity index (χ0n) is 6.12. The topological polar surface area (TPSA) is 0 Å². The van der Waals surface area contributed by atoms with Gasteiger partial charge in [0.05, 0.1) is 0 Å². The molecule has 0 spiro atoms. The highest BCUT2D eigenvalue weighted by Crippen LogP contribution is 2.21. The van der Waals surface area contributed by atoms with Crippen LogP contribution >= 0.6 is 0 Å². The molecule has 0 N–H and O–H groups in total. The zero-order chi connectivity index (χ0) is 7.49. The largest absolute Gasteiger partial charge is 0.238 e. The van der Waals surface area contributed by atoms with Crippen LogP contribution in [-0.2, 0) is 0 Å². The van der Waals surface area contributed by atoms with E-state index < -0.39 is 6.43 Å².